The van der Waals surface area contributed by atoms with Crippen molar-refractivity contribution in [2.45, 2.75) is 29.7 Å². The maximum Gasteiger partial charge on any atom is 0.126 e. The minimum absolute atomic E-state index is 0.295. The maximum absolute atomic E-state index is 13.6. The standard InChI is InChI=1S/C16H17FO2S/c1-10-7-16(14(11(2)18)9-15(10)17)20-13-6-4-5-12(8-13)19-3/h4-9,11,18H,1-3H3. The van der Waals surface area contributed by atoms with Gasteiger partial charge in [-0.3, -0.25) is 0 Å². The number of hydrogen-bond donors (Lipinski definition) is 1. The minimum atomic E-state index is -0.710. The average molecular weight is 292 g/mol. The fraction of sp³-hybridized carbons (Fsp3) is 0.250. The van der Waals surface area contributed by atoms with Crippen molar-refractivity contribution >= 4 is 11.8 Å². The molecule has 0 fully saturated rings. The largest absolute Gasteiger partial charge is 0.497 e. The average Bonchev–Trinajstić information content (AvgIpc) is 2.42. The highest BCUT2D eigenvalue weighted by Crippen LogP contribution is 2.36. The lowest BCUT2D eigenvalue weighted by molar-refractivity contribution is 0.196. The molecule has 2 aromatic rings. The number of benzene rings is 2. The predicted molar refractivity (Wildman–Crippen MR) is 78.9 cm³/mol. The van der Waals surface area contributed by atoms with E-state index in [2.05, 4.69) is 0 Å². The molecule has 0 radical (unpaired) electrons. The molecule has 20 heavy (non-hydrogen) atoms. The van der Waals surface area contributed by atoms with Gasteiger partial charge in [0.2, 0.25) is 0 Å². The quantitative estimate of drug-likeness (QED) is 0.908. The van der Waals surface area contributed by atoms with Crippen LogP contribution in [0.15, 0.2) is 46.2 Å². The van der Waals surface area contributed by atoms with Gasteiger partial charge in [0.1, 0.15) is 11.6 Å². The molecule has 2 aromatic carbocycles. The van der Waals surface area contributed by atoms with Gasteiger partial charge in [-0.25, -0.2) is 4.39 Å². The molecule has 0 aliphatic carbocycles. The Morgan fingerprint density at radius 3 is 2.65 bits per heavy atom. The van der Waals surface area contributed by atoms with Crippen molar-refractivity contribution < 1.29 is 14.2 Å². The van der Waals surface area contributed by atoms with Gasteiger partial charge in [0.15, 0.2) is 0 Å². The van der Waals surface area contributed by atoms with Crippen LogP contribution in [0.5, 0.6) is 5.75 Å². The van der Waals surface area contributed by atoms with Crippen LogP contribution in [-0.4, -0.2) is 12.2 Å². The van der Waals surface area contributed by atoms with Gasteiger partial charge in [0.05, 0.1) is 13.2 Å². The minimum Gasteiger partial charge on any atom is -0.497 e. The molecule has 0 amide bonds. The second-order valence-electron chi connectivity index (χ2n) is 4.60. The van der Waals surface area contributed by atoms with E-state index < -0.39 is 6.10 Å². The normalized spacial score (nSPS) is 12.2. The summed E-state index contributed by atoms with van der Waals surface area (Å²) in [4.78, 5) is 1.84. The van der Waals surface area contributed by atoms with Gasteiger partial charge in [-0.15, -0.1) is 0 Å². The maximum atomic E-state index is 13.6. The molecule has 0 aromatic heterocycles. The van der Waals surface area contributed by atoms with Crippen LogP contribution in [0.2, 0.25) is 0 Å². The van der Waals surface area contributed by atoms with Crippen LogP contribution in [-0.2, 0) is 0 Å². The van der Waals surface area contributed by atoms with Crippen molar-refractivity contribution in [1.29, 1.82) is 0 Å². The molecule has 0 heterocycles. The zero-order valence-corrected chi connectivity index (χ0v) is 12.5. The molecular weight excluding hydrogens is 275 g/mol. The number of halogens is 1. The molecule has 0 aliphatic rings. The molecule has 0 aliphatic heterocycles. The molecule has 0 bridgehead atoms. The smallest absolute Gasteiger partial charge is 0.126 e. The number of aliphatic hydroxyl groups is 1. The van der Waals surface area contributed by atoms with Crippen LogP contribution in [0.3, 0.4) is 0 Å². The van der Waals surface area contributed by atoms with Crippen molar-refractivity contribution in [3.63, 3.8) is 0 Å². The molecule has 4 heteroatoms. The topological polar surface area (TPSA) is 29.5 Å². The summed E-state index contributed by atoms with van der Waals surface area (Å²) in [5.74, 6) is 0.475. The first-order chi connectivity index (χ1) is 9.51. The second-order valence-corrected chi connectivity index (χ2v) is 5.71. The molecule has 0 saturated heterocycles. The number of aryl methyl sites for hydroxylation is 1. The van der Waals surface area contributed by atoms with Gasteiger partial charge >= 0.3 is 0 Å². The zero-order chi connectivity index (χ0) is 14.7. The summed E-state index contributed by atoms with van der Waals surface area (Å²) in [6, 6.07) is 10.8. The third kappa shape index (κ3) is 3.32. The molecule has 2 rings (SSSR count). The lowest BCUT2D eigenvalue weighted by atomic mass is 10.1. The van der Waals surface area contributed by atoms with E-state index in [1.165, 1.54) is 17.8 Å². The summed E-state index contributed by atoms with van der Waals surface area (Å²) in [5, 5.41) is 9.79. The van der Waals surface area contributed by atoms with E-state index in [4.69, 9.17) is 4.74 Å². The highest BCUT2D eigenvalue weighted by molar-refractivity contribution is 7.99. The van der Waals surface area contributed by atoms with Gasteiger partial charge in [-0.2, -0.15) is 0 Å². The number of hydrogen-bond acceptors (Lipinski definition) is 3. The molecule has 0 spiro atoms. The monoisotopic (exact) mass is 292 g/mol. The summed E-state index contributed by atoms with van der Waals surface area (Å²) in [6.45, 7) is 3.36. The van der Waals surface area contributed by atoms with Crippen LogP contribution >= 0.6 is 11.8 Å². The van der Waals surface area contributed by atoms with Crippen LogP contribution in [0.25, 0.3) is 0 Å². The molecule has 1 atom stereocenters. The Labute approximate surface area is 122 Å². The number of rotatable bonds is 4. The Morgan fingerprint density at radius 2 is 2.00 bits per heavy atom. The predicted octanol–water partition coefficient (Wildman–Crippen LogP) is 4.35. The summed E-state index contributed by atoms with van der Waals surface area (Å²) >= 11 is 1.49. The van der Waals surface area contributed by atoms with E-state index in [9.17, 15) is 9.50 Å². The van der Waals surface area contributed by atoms with Crippen LogP contribution in [0.4, 0.5) is 4.39 Å². The number of methoxy groups -OCH3 is 1. The van der Waals surface area contributed by atoms with E-state index >= 15 is 0 Å². The van der Waals surface area contributed by atoms with Crippen LogP contribution in [0, 0.1) is 12.7 Å². The van der Waals surface area contributed by atoms with Crippen molar-refractivity contribution in [3.05, 3.63) is 53.3 Å². The Bertz CT molecular complexity index is 611. The van der Waals surface area contributed by atoms with Crippen molar-refractivity contribution in [1.82, 2.24) is 0 Å². The lowest BCUT2D eigenvalue weighted by Crippen LogP contribution is -1.97. The first-order valence-electron chi connectivity index (χ1n) is 6.31. The molecular formula is C16H17FO2S. The summed E-state index contributed by atoms with van der Waals surface area (Å²) < 4.78 is 18.8. The summed E-state index contributed by atoms with van der Waals surface area (Å²) in [5.41, 5.74) is 1.17. The van der Waals surface area contributed by atoms with Gasteiger partial charge < -0.3 is 9.84 Å². The van der Waals surface area contributed by atoms with E-state index in [1.54, 1.807) is 27.0 Å². The Kier molecular flexibility index (Phi) is 4.68. The summed E-state index contributed by atoms with van der Waals surface area (Å²) in [6.07, 6.45) is -0.710. The molecule has 106 valence electrons. The molecule has 1 N–H and O–H groups in total. The molecule has 2 nitrogen and oxygen atoms in total. The van der Waals surface area contributed by atoms with Crippen LogP contribution < -0.4 is 4.74 Å². The zero-order valence-electron chi connectivity index (χ0n) is 11.7. The van der Waals surface area contributed by atoms with Gasteiger partial charge in [0.25, 0.3) is 0 Å². The van der Waals surface area contributed by atoms with Crippen molar-refractivity contribution in [3.8, 4) is 5.75 Å². The lowest BCUT2D eigenvalue weighted by Gasteiger charge is -2.13. The molecule has 0 saturated carbocycles. The van der Waals surface area contributed by atoms with Crippen molar-refractivity contribution in [2.75, 3.05) is 7.11 Å². The highest BCUT2D eigenvalue weighted by atomic mass is 32.2. The Hall–Kier alpha value is -1.52. The van der Waals surface area contributed by atoms with Crippen molar-refractivity contribution in [2.24, 2.45) is 0 Å². The van der Waals surface area contributed by atoms with Gasteiger partial charge in [0, 0.05) is 9.79 Å². The fourth-order valence-corrected chi connectivity index (χ4v) is 3.04. The third-order valence-electron chi connectivity index (χ3n) is 3.01. The van der Waals surface area contributed by atoms with Gasteiger partial charge in [-0.05, 0) is 55.3 Å². The fourth-order valence-electron chi connectivity index (χ4n) is 1.88. The molecule has 1 unspecified atom stereocenters. The number of aliphatic hydroxyl groups excluding tert-OH is 1. The van der Waals surface area contributed by atoms with E-state index in [0.717, 1.165) is 15.5 Å². The van der Waals surface area contributed by atoms with E-state index in [-0.39, 0.29) is 5.82 Å². The Balaban J connectivity index is 2.39. The third-order valence-corrected chi connectivity index (χ3v) is 4.07. The first kappa shape index (κ1) is 14.9. The van der Waals surface area contributed by atoms with E-state index in [1.807, 2.05) is 24.3 Å². The highest BCUT2D eigenvalue weighted by Gasteiger charge is 2.13. The van der Waals surface area contributed by atoms with Crippen LogP contribution in [0.1, 0.15) is 24.2 Å². The SMILES string of the molecule is COc1cccc(Sc2cc(C)c(F)cc2C(C)O)c1. The van der Waals surface area contributed by atoms with E-state index in [0.29, 0.717) is 11.1 Å². The van der Waals surface area contributed by atoms with Gasteiger partial charge in [-0.1, -0.05) is 17.8 Å². The second kappa shape index (κ2) is 6.29. The number of ether oxygens (including phenoxy) is 1. The Morgan fingerprint density at radius 1 is 1.25 bits per heavy atom. The summed E-state index contributed by atoms with van der Waals surface area (Å²) in [7, 11) is 1.62. The first-order valence-corrected chi connectivity index (χ1v) is 7.13.